The number of allylic oxidation sites excluding steroid dienone is 7. The van der Waals surface area contributed by atoms with Crippen molar-refractivity contribution >= 4 is 18.6 Å². The van der Waals surface area contributed by atoms with E-state index in [9.17, 15) is 0 Å². The number of rotatable bonds is 7. The third kappa shape index (κ3) is 8.08. The summed E-state index contributed by atoms with van der Waals surface area (Å²) in [6.45, 7) is 5.38. The number of hydrogen-bond donors (Lipinski definition) is 2. The van der Waals surface area contributed by atoms with Crippen LogP contribution < -0.4 is 11.5 Å². The predicted molar refractivity (Wildman–Crippen MR) is 139 cm³/mol. The van der Waals surface area contributed by atoms with Gasteiger partial charge in [-0.15, -0.1) is 0 Å². The molecule has 0 saturated heterocycles. The quantitative estimate of drug-likeness (QED) is 0.373. The summed E-state index contributed by atoms with van der Waals surface area (Å²) in [4.78, 5) is 12.2. The van der Waals surface area contributed by atoms with Gasteiger partial charge in [-0.1, -0.05) is 55.5 Å². The van der Waals surface area contributed by atoms with Gasteiger partial charge in [0, 0.05) is 36.8 Å². The molecule has 5 nitrogen and oxygen atoms in total. The predicted octanol–water partition coefficient (Wildman–Crippen LogP) is 4.72. The maximum atomic E-state index is 6.00. The first kappa shape index (κ1) is 25.0. The molecule has 2 aliphatic rings. The average molecular weight is 430 g/mol. The molecular weight excluding hydrogens is 394 g/mol. The van der Waals surface area contributed by atoms with Crippen molar-refractivity contribution in [2.75, 3.05) is 7.05 Å². The zero-order valence-corrected chi connectivity index (χ0v) is 19.2. The van der Waals surface area contributed by atoms with Crippen LogP contribution in [0.1, 0.15) is 30.9 Å². The van der Waals surface area contributed by atoms with Gasteiger partial charge in [-0.05, 0) is 67.3 Å². The third-order valence-corrected chi connectivity index (χ3v) is 5.34. The first-order chi connectivity index (χ1) is 15.6. The lowest BCUT2D eigenvalue weighted by Gasteiger charge is -2.11. The van der Waals surface area contributed by atoms with E-state index in [4.69, 9.17) is 11.5 Å². The molecule has 5 heteroatoms. The molecule has 1 aromatic rings. The van der Waals surface area contributed by atoms with E-state index in [0.29, 0.717) is 5.70 Å². The second-order valence-corrected chi connectivity index (χ2v) is 7.53. The van der Waals surface area contributed by atoms with Crippen molar-refractivity contribution in [2.24, 2.45) is 32.4 Å². The number of benzene rings is 1. The van der Waals surface area contributed by atoms with Crippen LogP contribution in [0.15, 0.2) is 99.2 Å². The first-order valence-electron chi connectivity index (χ1n) is 11.1. The zero-order chi connectivity index (χ0) is 23.2. The Bertz CT molecular complexity index is 937. The van der Waals surface area contributed by atoms with Gasteiger partial charge in [0.2, 0.25) is 0 Å². The van der Waals surface area contributed by atoms with Gasteiger partial charge in [-0.2, -0.15) is 0 Å². The van der Waals surface area contributed by atoms with E-state index in [1.165, 1.54) is 19.3 Å². The Morgan fingerprint density at radius 3 is 2.56 bits per heavy atom. The minimum Gasteiger partial charge on any atom is -0.398 e. The second kappa shape index (κ2) is 13.9. The smallest absolute Gasteiger partial charge is 0.116 e. The maximum absolute atomic E-state index is 6.00. The first-order valence-corrected chi connectivity index (χ1v) is 11.1. The summed E-state index contributed by atoms with van der Waals surface area (Å²) in [7, 11) is 1.78. The highest BCUT2D eigenvalue weighted by Crippen LogP contribution is 2.20. The molecule has 0 fully saturated rings. The van der Waals surface area contributed by atoms with Crippen molar-refractivity contribution in [1.82, 2.24) is 0 Å². The van der Waals surface area contributed by atoms with Gasteiger partial charge >= 0.3 is 0 Å². The third-order valence-electron chi connectivity index (χ3n) is 5.34. The van der Waals surface area contributed by atoms with Gasteiger partial charge in [0.05, 0.1) is 0 Å². The van der Waals surface area contributed by atoms with Gasteiger partial charge in [-0.25, -0.2) is 0 Å². The van der Waals surface area contributed by atoms with Crippen LogP contribution in [0.2, 0.25) is 0 Å². The highest BCUT2D eigenvalue weighted by molar-refractivity contribution is 6.00. The summed E-state index contributed by atoms with van der Waals surface area (Å²) in [5.74, 6) is 0.138. The number of aryl methyl sites for hydroxylation is 2. The van der Waals surface area contributed by atoms with Crippen molar-refractivity contribution in [3.05, 3.63) is 95.4 Å². The summed E-state index contributed by atoms with van der Waals surface area (Å²) in [5, 5.41) is 0. The second-order valence-electron chi connectivity index (χ2n) is 7.53. The summed E-state index contributed by atoms with van der Waals surface area (Å²) >= 11 is 0. The Labute approximate surface area is 192 Å². The molecule has 168 valence electrons. The highest BCUT2D eigenvalue weighted by atomic mass is 14.9. The lowest BCUT2D eigenvalue weighted by Crippen LogP contribution is -2.16. The fourth-order valence-corrected chi connectivity index (χ4v) is 3.52. The van der Waals surface area contributed by atoms with Crippen molar-refractivity contribution in [3.8, 4) is 0 Å². The number of nitrogens with zero attached hydrogens (tertiary/aromatic N) is 3. The molecule has 0 aliphatic heterocycles. The van der Waals surface area contributed by atoms with Crippen LogP contribution in [0.3, 0.4) is 0 Å². The molecule has 4 N–H and O–H groups in total. The van der Waals surface area contributed by atoms with Crippen LogP contribution in [0.25, 0.3) is 0 Å². The van der Waals surface area contributed by atoms with E-state index in [1.54, 1.807) is 36.7 Å². The van der Waals surface area contributed by atoms with Crippen LogP contribution in [-0.4, -0.2) is 31.9 Å². The van der Waals surface area contributed by atoms with Crippen molar-refractivity contribution in [3.63, 3.8) is 0 Å². The average Bonchev–Trinajstić information content (AvgIpc) is 3.31. The molecule has 0 saturated carbocycles. The highest BCUT2D eigenvalue weighted by Gasteiger charge is 2.09. The SMILES string of the molecule is C=N\C=C/C(N)=C(/C=N/C(N)C=CC1C=CC=CC1=NC)CC.c1ccc2c(c1)CCC2. The minimum atomic E-state index is -0.428. The molecule has 0 radical (unpaired) electrons. The molecule has 2 atom stereocenters. The minimum absolute atomic E-state index is 0.138. The molecule has 0 bridgehead atoms. The van der Waals surface area contributed by atoms with Gasteiger partial charge < -0.3 is 11.5 Å². The molecule has 32 heavy (non-hydrogen) atoms. The molecule has 0 heterocycles. The number of aliphatic imine (C=N–C) groups is 3. The summed E-state index contributed by atoms with van der Waals surface area (Å²) < 4.78 is 0. The van der Waals surface area contributed by atoms with Crippen molar-refractivity contribution in [1.29, 1.82) is 0 Å². The van der Waals surface area contributed by atoms with Gasteiger partial charge in [0.15, 0.2) is 0 Å². The van der Waals surface area contributed by atoms with Crippen LogP contribution >= 0.6 is 0 Å². The standard InChI is InChI=1S/C18H25N5.C9H10/c1-4-14(16(19)11-12-21-2)13-23-18(20)10-9-15-7-5-6-8-17(15)22-3;1-2-5-9-7-3-6-8(9)4-1/h5-13,15,18H,2,4,19-20H2,1,3H3;1-2,4-5H,3,6-7H2/b10-9?,12-11-,16-14-,22-17?,23-13+;. The number of hydrogen-bond acceptors (Lipinski definition) is 5. The van der Waals surface area contributed by atoms with Gasteiger partial charge in [0.1, 0.15) is 6.17 Å². The topological polar surface area (TPSA) is 89.1 Å². The largest absolute Gasteiger partial charge is 0.398 e. The van der Waals surface area contributed by atoms with E-state index in [-0.39, 0.29) is 5.92 Å². The van der Waals surface area contributed by atoms with Crippen LogP contribution in [0, 0.1) is 5.92 Å². The lowest BCUT2D eigenvalue weighted by atomic mass is 9.98. The molecule has 0 spiro atoms. The lowest BCUT2D eigenvalue weighted by molar-refractivity contribution is 0.870. The van der Waals surface area contributed by atoms with Crippen molar-refractivity contribution < 1.29 is 0 Å². The summed E-state index contributed by atoms with van der Waals surface area (Å²) in [6, 6.07) is 8.74. The Balaban J connectivity index is 0.000000329. The van der Waals surface area contributed by atoms with Gasteiger partial charge in [-0.3, -0.25) is 15.0 Å². The van der Waals surface area contributed by atoms with Crippen LogP contribution in [0.4, 0.5) is 0 Å². The molecule has 1 aromatic carbocycles. The number of nitrogens with two attached hydrogens (primary N) is 2. The van der Waals surface area contributed by atoms with Crippen LogP contribution in [0.5, 0.6) is 0 Å². The number of fused-ring (bicyclic) bond motifs is 1. The molecule has 2 unspecified atom stereocenters. The van der Waals surface area contributed by atoms with Crippen LogP contribution in [-0.2, 0) is 12.8 Å². The molecule has 0 amide bonds. The monoisotopic (exact) mass is 429 g/mol. The zero-order valence-electron chi connectivity index (χ0n) is 19.2. The molecule has 3 rings (SSSR count). The Morgan fingerprint density at radius 1 is 1.22 bits per heavy atom. The molecule has 0 aromatic heterocycles. The maximum Gasteiger partial charge on any atom is 0.116 e. The van der Waals surface area contributed by atoms with Gasteiger partial charge in [0.25, 0.3) is 0 Å². The van der Waals surface area contributed by atoms with E-state index >= 15 is 0 Å². The summed E-state index contributed by atoms with van der Waals surface area (Å²) in [6.07, 6.45) is 21.1. The van der Waals surface area contributed by atoms with E-state index in [0.717, 1.165) is 17.7 Å². The fourth-order valence-electron chi connectivity index (χ4n) is 3.52. The van der Waals surface area contributed by atoms with E-state index in [2.05, 4.69) is 52.0 Å². The Hall–Kier alpha value is -3.31. The normalized spacial score (nSPS) is 20.5. The van der Waals surface area contributed by atoms with E-state index in [1.807, 2.05) is 37.3 Å². The Kier molecular flexibility index (Phi) is 10.8. The fraction of sp³-hybridized carbons (Fsp3) is 0.296. The van der Waals surface area contributed by atoms with E-state index < -0.39 is 6.17 Å². The molecule has 2 aliphatic carbocycles. The van der Waals surface area contributed by atoms with Crippen molar-refractivity contribution in [2.45, 2.75) is 38.8 Å². The summed E-state index contributed by atoms with van der Waals surface area (Å²) in [5.41, 5.74) is 17.6. The molecular formula is C27H35N5. The Morgan fingerprint density at radius 2 is 1.94 bits per heavy atom.